The fraction of sp³-hybridized carbons (Fsp3) is 0.154. The quantitative estimate of drug-likeness (QED) is 0.469. The minimum Gasteiger partial charge on any atom is -0.286 e. The van der Waals surface area contributed by atoms with Crippen LogP contribution in [-0.4, -0.2) is 16.6 Å². The average Bonchev–Trinajstić information content (AvgIpc) is 2.40. The van der Waals surface area contributed by atoms with Crippen molar-refractivity contribution in [1.29, 1.82) is 0 Å². The van der Waals surface area contributed by atoms with Crippen molar-refractivity contribution in [1.82, 2.24) is 4.98 Å². The van der Waals surface area contributed by atoms with E-state index < -0.39 is 0 Å². The van der Waals surface area contributed by atoms with Gasteiger partial charge >= 0.3 is 0 Å². The summed E-state index contributed by atoms with van der Waals surface area (Å²) in [4.78, 5) is 15.6. The fourth-order valence-corrected chi connectivity index (χ4v) is 1.74. The maximum Gasteiger partial charge on any atom is 0.268 e. The summed E-state index contributed by atoms with van der Waals surface area (Å²) < 4.78 is 1.85. The van der Waals surface area contributed by atoms with Gasteiger partial charge in [0.15, 0.2) is 12.7 Å². The first kappa shape index (κ1) is 11.7. The predicted octanol–water partition coefficient (Wildman–Crippen LogP) is 1.84. The molecule has 0 radical (unpaired) electrons. The zero-order chi connectivity index (χ0) is 12.1. The van der Waals surface area contributed by atoms with E-state index in [1.807, 2.05) is 34.9 Å². The first-order valence-corrected chi connectivity index (χ1v) is 5.81. The van der Waals surface area contributed by atoms with Gasteiger partial charge in [-0.1, -0.05) is 30.3 Å². The molecule has 1 heterocycles. The lowest BCUT2D eigenvalue weighted by molar-refractivity contribution is -0.690. The van der Waals surface area contributed by atoms with E-state index in [2.05, 4.69) is 4.98 Å². The zero-order valence-corrected chi connectivity index (χ0v) is 9.97. The number of benzene rings is 1. The Bertz CT molecular complexity index is 514. The van der Waals surface area contributed by atoms with E-state index in [-0.39, 0.29) is 11.7 Å². The molecule has 0 saturated carbocycles. The van der Waals surface area contributed by atoms with E-state index >= 15 is 0 Å². The Morgan fingerprint density at radius 3 is 2.76 bits per heavy atom. The summed E-state index contributed by atoms with van der Waals surface area (Å²) in [7, 11) is 0. The molecule has 2 rings (SSSR count). The van der Waals surface area contributed by atoms with Gasteiger partial charge in [0, 0.05) is 5.56 Å². The van der Waals surface area contributed by atoms with Gasteiger partial charge in [0.1, 0.15) is 6.20 Å². The van der Waals surface area contributed by atoms with Gasteiger partial charge in [0.25, 0.3) is 5.69 Å². The number of alkyl halides is 1. The smallest absolute Gasteiger partial charge is 0.268 e. The summed E-state index contributed by atoms with van der Waals surface area (Å²) in [5, 5.41) is 0. The zero-order valence-electron chi connectivity index (χ0n) is 9.21. The van der Waals surface area contributed by atoms with E-state index in [0.29, 0.717) is 12.2 Å². The van der Waals surface area contributed by atoms with Gasteiger partial charge in [-0.2, -0.15) is 4.57 Å². The van der Waals surface area contributed by atoms with Crippen molar-refractivity contribution in [2.45, 2.75) is 6.54 Å². The van der Waals surface area contributed by atoms with Gasteiger partial charge < -0.3 is 0 Å². The monoisotopic (exact) mass is 247 g/mol. The van der Waals surface area contributed by atoms with Crippen molar-refractivity contribution < 1.29 is 9.36 Å². The number of halogens is 1. The van der Waals surface area contributed by atoms with Crippen LogP contribution in [0.15, 0.2) is 48.9 Å². The minimum atomic E-state index is -0.115. The Balaban J connectivity index is 2.30. The normalized spacial score (nSPS) is 10.2. The van der Waals surface area contributed by atoms with Gasteiger partial charge in [-0.15, -0.1) is 11.6 Å². The lowest BCUT2D eigenvalue weighted by Crippen LogP contribution is -2.41. The van der Waals surface area contributed by atoms with E-state index in [1.54, 1.807) is 18.6 Å². The Labute approximate surface area is 105 Å². The second-order valence-electron chi connectivity index (χ2n) is 3.63. The van der Waals surface area contributed by atoms with Crippen LogP contribution in [0.4, 0.5) is 0 Å². The molecular formula is C13H12ClN2O+. The molecule has 0 saturated heterocycles. The van der Waals surface area contributed by atoms with Gasteiger partial charge in [0.2, 0.25) is 5.78 Å². The Morgan fingerprint density at radius 2 is 2.06 bits per heavy atom. The molecule has 0 aliphatic heterocycles. The molecule has 0 amide bonds. The van der Waals surface area contributed by atoms with Crippen LogP contribution in [0.25, 0.3) is 0 Å². The molecular weight excluding hydrogens is 236 g/mol. The number of aromatic nitrogens is 2. The number of nitrogens with zero attached hydrogens (tertiary/aromatic N) is 2. The van der Waals surface area contributed by atoms with Gasteiger partial charge in [0.05, 0.1) is 12.1 Å². The standard InChI is InChI=1S/C13H12ClN2O/c14-8-13(17)12-9-15-6-7-16(12)10-11-4-2-1-3-5-11/h1-7,9H,8,10H2/q+1. The second-order valence-corrected chi connectivity index (χ2v) is 3.90. The summed E-state index contributed by atoms with van der Waals surface area (Å²) in [6.07, 6.45) is 4.99. The number of hydrogen-bond donors (Lipinski definition) is 0. The molecule has 4 heteroatoms. The largest absolute Gasteiger partial charge is 0.286 e. The summed E-state index contributed by atoms with van der Waals surface area (Å²) in [6.45, 7) is 0.640. The maximum absolute atomic E-state index is 11.6. The predicted molar refractivity (Wildman–Crippen MR) is 65.0 cm³/mol. The highest BCUT2D eigenvalue weighted by molar-refractivity contribution is 6.29. The van der Waals surface area contributed by atoms with Crippen LogP contribution in [0, 0.1) is 0 Å². The number of Topliss-reactive ketones (excluding diaryl/α,β-unsaturated/α-hetero) is 1. The van der Waals surface area contributed by atoms with Gasteiger partial charge in [-0.25, -0.2) is 0 Å². The minimum absolute atomic E-state index is 0.0273. The number of ketones is 1. The third kappa shape index (κ3) is 2.88. The van der Waals surface area contributed by atoms with Crippen molar-refractivity contribution in [2.24, 2.45) is 0 Å². The highest BCUT2D eigenvalue weighted by Gasteiger charge is 2.18. The highest BCUT2D eigenvalue weighted by atomic mass is 35.5. The average molecular weight is 248 g/mol. The van der Waals surface area contributed by atoms with Crippen molar-refractivity contribution in [3.8, 4) is 0 Å². The van der Waals surface area contributed by atoms with Crippen LogP contribution in [0.3, 0.4) is 0 Å². The molecule has 17 heavy (non-hydrogen) atoms. The van der Waals surface area contributed by atoms with Crippen LogP contribution >= 0.6 is 11.6 Å². The molecule has 0 N–H and O–H groups in total. The number of carbonyl (C=O) groups excluding carboxylic acids is 1. The lowest BCUT2D eigenvalue weighted by atomic mass is 10.2. The molecule has 0 unspecified atom stereocenters. The van der Waals surface area contributed by atoms with Crippen LogP contribution in [0.1, 0.15) is 16.1 Å². The Hall–Kier alpha value is -1.74. The van der Waals surface area contributed by atoms with E-state index in [4.69, 9.17) is 11.6 Å². The van der Waals surface area contributed by atoms with Gasteiger partial charge in [-0.3, -0.25) is 9.78 Å². The summed E-state index contributed by atoms with van der Waals surface area (Å²) in [5.41, 5.74) is 1.67. The molecule has 1 aromatic heterocycles. The van der Waals surface area contributed by atoms with Crippen LogP contribution < -0.4 is 4.57 Å². The molecule has 0 aliphatic carbocycles. The Morgan fingerprint density at radius 1 is 1.29 bits per heavy atom. The highest BCUT2D eigenvalue weighted by Crippen LogP contribution is 2.00. The number of carbonyl (C=O) groups is 1. The first-order valence-electron chi connectivity index (χ1n) is 5.28. The van der Waals surface area contributed by atoms with Crippen LogP contribution in [0.5, 0.6) is 0 Å². The molecule has 3 nitrogen and oxygen atoms in total. The third-order valence-corrected chi connectivity index (χ3v) is 2.68. The van der Waals surface area contributed by atoms with Crippen molar-refractivity contribution in [3.63, 3.8) is 0 Å². The summed E-state index contributed by atoms with van der Waals surface area (Å²) in [6, 6.07) is 9.94. The first-order chi connectivity index (χ1) is 8.31. The van der Waals surface area contributed by atoms with Crippen molar-refractivity contribution in [3.05, 3.63) is 60.2 Å². The summed E-state index contributed by atoms with van der Waals surface area (Å²) >= 11 is 5.57. The fourth-order valence-electron chi connectivity index (χ4n) is 1.61. The number of hydrogen-bond acceptors (Lipinski definition) is 2. The Kier molecular flexibility index (Phi) is 3.83. The molecule has 86 valence electrons. The van der Waals surface area contributed by atoms with E-state index in [0.717, 1.165) is 5.56 Å². The maximum atomic E-state index is 11.6. The molecule has 0 spiro atoms. The van der Waals surface area contributed by atoms with E-state index in [1.165, 1.54) is 0 Å². The lowest BCUT2D eigenvalue weighted by Gasteiger charge is -2.01. The van der Waals surface area contributed by atoms with Crippen molar-refractivity contribution in [2.75, 3.05) is 5.88 Å². The number of rotatable bonds is 4. The van der Waals surface area contributed by atoms with Crippen LogP contribution in [-0.2, 0) is 6.54 Å². The van der Waals surface area contributed by atoms with Crippen molar-refractivity contribution >= 4 is 17.4 Å². The molecule has 1 aromatic carbocycles. The molecule has 0 atom stereocenters. The second kappa shape index (κ2) is 5.55. The molecule has 0 bridgehead atoms. The summed E-state index contributed by atoms with van der Waals surface area (Å²) in [5.74, 6) is -0.142. The third-order valence-electron chi connectivity index (χ3n) is 2.44. The SMILES string of the molecule is O=C(CCl)c1cncc[n+]1Cc1ccccc1. The molecule has 0 aliphatic rings. The molecule has 2 aromatic rings. The van der Waals surface area contributed by atoms with Crippen LogP contribution in [0.2, 0.25) is 0 Å². The van der Waals surface area contributed by atoms with E-state index in [9.17, 15) is 4.79 Å². The molecule has 0 fully saturated rings. The van der Waals surface area contributed by atoms with Gasteiger partial charge in [-0.05, 0) is 0 Å². The topological polar surface area (TPSA) is 33.8 Å².